The topological polar surface area (TPSA) is 0 Å². The van der Waals surface area contributed by atoms with Gasteiger partial charge in [0.15, 0.2) is 0 Å². The lowest BCUT2D eigenvalue weighted by molar-refractivity contribution is 0.869. The van der Waals surface area contributed by atoms with Crippen LogP contribution in [0.2, 0.25) is 0 Å². The third-order valence-corrected chi connectivity index (χ3v) is 6.81. The molecule has 33 heavy (non-hydrogen) atoms. The lowest BCUT2D eigenvalue weighted by Gasteiger charge is -2.18. The molecule has 0 amide bonds. The molecule has 0 N–H and O–H groups in total. The van der Waals surface area contributed by atoms with E-state index in [0.29, 0.717) is 5.92 Å². The normalized spacial score (nSPS) is 11.6. The summed E-state index contributed by atoms with van der Waals surface area (Å²) >= 11 is 0. The van der Waals surface area contributed by atoms with Gasteiger partial charge in [0.2, 0.25) is 0 Å². The molecule has 0 aliphatic heterocycles. The Morgan fingerprint density at radius 3 is 1.48 bits per heavy atom. The Kier molecular flexibility index (Phi) is 4.73. The monoisotopic (exact) mass is 422 g/mol. The van der Waals surface area contributed by atoms with Crippen LogP contribution in [0.3, 0.4) is 0 Å². The molecule has 6 aromatic rings. The van der Waals surface area contributed by atoms with Gasteiger partial charge in [-0.15, -0.1) is 0 Å². The highest BCUT2D eigenvalue weighted by molar-refractivity contribution is 6.21. The number of hydrogen-bond donors (Lipinski definition) is 0. The van der Waals surface area contributed by atoms with Crippen molar-refractivity contribution in [3.05, 3.63) is 121 Å². The Labute approximate surface area is 195 Å². The molecule has 0 heteroatoms. The van der Waals surface area contributed by atoms with Gasteiger partial charge in [-0.1, -0.05) is 123 Å². The highest BCUT2D eigenvalue weighted by Crippen LogP contribution is 2.43. The fourth-order valence-electron chi connectivity index (χ4n) is 5.13. The summed E-state index contributed by atoms with van der Waals surface area (Å²) in [6, 6.07) is 42.3. The maximum atomic E-state index is 2.36. The Morgan fingerprint density at radius 1 is 0.424 bits per heavy atom. The van der Waals surface area contributed by atoms with Crippen molar-refractivity contribution in [2.45, 2.75) is 19.8 Å². The van der Waals surface area contributed by atoms with Crippen molar-refractivity contribution < 1.29 is 0 Å². The first-order valence-corrected chi connectivity index (χ1v) is 11.7. The van der Waals surface area contributed by atoms with Crippen molar-refractivity contribution in [3.8, 4) is 22.3 Å². The van der Waals surface area contributed by atoms with E-state index in [0.717, 1.165) is 0 Å². The molecule has 0 fully saturated rings. The van der Waals surface area contributed by atoms with Gasteiger partial charge in [0.25, 0.3) is 0 Å². The molecule has 0 aliphatic rings. The molecule has 0 saturated heterocycles. The zero-order valence-electron chi connectivity index (χ0n) is 19.0. The smallest absolute Gasteiger partial charge is 0.00262 e. The fourth-order valence-corrected chi connectivity index (χ4v) is 5.13. The van der Waals surface area contributed by atoms with Crippen molar-refractivity contribution in [3.63, 3.8) is 0 Å². The van der Waals surface area contributed by atoms with Crippen molar-refractivity contribution in [2.24, 2.45) is 0 Å². The molecule has 6 rings (SSSR count). The summed E-state index contributed by atoms with van der Waals surface area (Å²) in [5.74, 6) is 0.535. The van der Waals surface area contributed by atoms with Gasteiger partial charge in [-0.2, -0.15) is 0 Å². The van der Waals surface area contributed by atoms with E-state index in [1.807, 2.05) is 0 Å². The number of fused-ring (bicyclic) bond motifs is 3. The maximum absolute atomic E-state index is 2.36. The molecular formula is C33H26. The van der Waals surface area contributed by atoms with Gasteiger partial charge >= 0.3 is 0 Å². The van der Waals surface area contributed by atoms with E-state index in [1.54, 1.807) is 0 Å². The van der Waals surface area contributed by atoms with E-state index >= 15 is 0 Å². The third kappa shape index (κ3) is 3.31. The summed E-state index contributed by atoms with van der Waals surface area (Å²) in [7, 11) is 0. The van der Waals surface area contributed by atoms with E-state index in [4.69, 9.17) is 0 Å². The minimum absolute atomic E-state index is 0.535. The number of hydrogen-bond acceptors (Lipinski definition) is 0. The van der Waals surface area contributed by atoms with Crippen LogP contribution in [0.15, 0.2) is 115 Å². The lowest BCUT2D eigenvalue weighted by atomic mass is 9.85. The average molecular weight is 423 g/mol. The van der Waals surface area contributed by atoms with Gasteiger partial charge in [-0.25, -0.2) is 0 Å². The molecule has 0 aromatic heterocycles. The standard InChI is InChI=1S/C33H26/c1-22(2)24-16-17-26-21-27(19-18-25(26)20-24)33-30-14-8-6-12-28(30)32(23-10-4-3-5-11-23)29-13-7-9-15-31(29)33/h3-22H,1-2H3. The van der Waals surface area contributed by atoms with Gasteiger partial charge in [-0.3, -0.25) is 0 Å². The number of rotatable bonds is 3. The number of benzene rings is 6. The summed E-state index contributed by atoms with van der Waals surface area (Å²) in [6.07, 6.45) is 0. The van der Waals surface area contributed by atoms with Crippen LogP contribution in [-0.4, -0.2) is 0 Å². The van der Waals surface area contributed by atoms with Crippen molar-refractivity contribution in [1.82, 2.24) is 0 Å². The molecule has 0 aliphatic carbocycles. The molecule has 158 valence electrons. The molecule has 0 heterocycles. The van der Waals surface area contributed by atoms with Gasteiger partial charge in [0.05, 0.1) is 0 Å². The highest BCUT2D eigenvalue weighted by Gasteiger charge is 2.16. The first-order chi connectivity index (χ1) is 16.2. The molecule has 0 saturated carbocycles. The predicted molar refractivity (Wildman–Crippen MR) is 144 cm³/mol. The second-order valence-corrected chi connectivity index (χ2v) is 9.18. The van der Waals surface area contributed by atoms with Crippen LogP contribution in [0.25, 0.3) is 54.6 Å². The molecule has 6 aromatic carbocycles. The van der Waals surface area contributed by atoms with Crippen LogP contribution < -0.4 is 0 Å². The molecule has 0 nitrogen and oxygen atoms in total. The zero-order valence-corrected chi connectivity index (χ0v) is 19.0. The second-order valence-electron chi connectivity index (χ2n) is 9.18. The summed E-state index contributed by atoms with van der Waals surface area (Å²) in [5, 5.41) is 7.79. The molecule has 0 bridgehead atoms. The summed E-state index contributed by atoms with van der Waals surface area (Å²) in [5.41, 5.74) is 6.55. The lowest BCUT2D eigenvalue weighted by Crippen LogP contribution is -1.91. The molecule has 0 spiro atoms. The van der Waals surface area contributed by atoms with E-state index in [9.17, 15) is 0 Å². The predicted octanol–water partition coefficient (Wildman–Crippen LogP) is 9.60. The van der Waals surface area contributed by atoms with E-state index in [2.05, 4.69) is 129 Å². The van der Waals surface area contributed by atoms with Crippen LogP contribution in [0, 0.1) is 0 Å². The summed E-state index contributed by atoms with van der Waals surface area (Å²) < 4.78 is 0. The summed E-state index contributed by atoms with van der Waals surface area (Å²) in [4.78, 5) is 0. The zero-order chi connectivity index (χ0) is 22.4. The van der Waals surface area contributed by atoms with Crippen LogP contribution in [0.5, 0.6) is 0 Å². The average Bonchev–Trinajstić information content (AvgIpc) is 2.87. The highest BCUT2D eigenvalue weighted by atomic mass is 14.2. The van der Waals surface area contributed by atoms with E-state index in [-0.39, 0.29) is 0 Å². The molecular weight excluding hydrogens is 396 g/mol. The Hall–Kier alpha value is -3.90. The SMILES string of the molecule is CC(C)c1ccc2cc(-c3c4ccccc4c(-c4ccccc4)c4ccccc34)ccc2c1. The molecule has 0 radical (unpaired) electrons. The van der Waals surface area contributed by atoms with Gasteiger partial charge in [0.1, 0.15) is 0 Å². The Balaban J connectivity index is 1.69. The summed E-state index contributed by atoms with van der Waals surface area (Å²) in [6.45, 7) is 4.50. The molecule has 0 atom stereocenters. The minimum atomic E-state index is 0.535. The second kappa shape index (κ2) is 7.90. The van der Waals surface area contributed by atoms with Crippen molar-refractivity contribution >= 4 is 32.3 Å². The van der Waals surface area contributed by atoms with Crippen LogP contribution >= 0.6 is 0 Å². The van der Waals surface area contributed by atoms with Gasteiger partial charge < -0.3 is 0 Å². The Morgan fingerprint density at radius 2 is 0.909 bits per heavy atom. The fraction of sp³-hybridized carbons (Fsp3) is 0.0909. The third-order valence-electron chi connectivity index (χ3n) is 6.81. The van der Waals surface area contributed by atoms with Crippen LogP contribution in [-0.2, 0) is 0 Å². The largest absolute Gasteiger partial charge is 0.0622 e. The minimum Gasteiger partial charge on any atom is -0.0622 e. The first-order valence-electron chi connectivity index (χ1n) is 11.7. The van der Waals surface area contributed by atoms with Crippen molar-refractivity contribution in [1.29, 1.82) is 0 Å². The maximum Gasteiger partial charge on any atom is -0.00262 e. The van der Waals surface area contributed by atoms with Crippen molar-refractivity contribution in [2.75, 3.05) is 0 Å². The van der Waals surface area contributed by atoms with Crippen LogP contribution in [0.1, 0.15) is 25.3 Å². The van der Waals surface area contributed by atoms with Gasteiger partial charge in [0, 0.05) is 0 Å². The Bertz CT molecular complexity index is 1560. The quantitative estimate of drug-likeness (QED) is 0.249. The van der Waals surface area contributed by atoms with E-state index in [1.165, 1.54) is 60.1 Å². The molecule has 0 unspecified atom stereocenters. The van der Waals surface area contributed by atoms with Gasteiger partial charge in [-0.05, 0) is 72.1 Å². The first kappa shape index (κ1) is 19.8. The van der Waals surface area contributed by atoms with Crippen LogP contribution in [0.4, 0.5) is 0 Å². The van der Waals surface area contributed by atoms with E-state index < -0.39 is 0 Å².